The summed E-state index contributed by atoms with van der Waals surface area (Å²) in [5, 5.41) is 23.8. The van der Waals surface area contributed by atoms with E-state index in [4.69, 9.17) is 4.74 Å². The third kappa shape index (κ3) is 45.7. The van der Waals surface area contributed by atoms with Crippen LogP contribution in [0.3, 0.4) is 0 Å². The van der Waals surface area contributed by atoms with Crippen LogP contribution in [0.2, 0.25) is 0 Å². The number of rotatable bonds is 47. The molecule has 0 aromatic heterocycles. The number of hydrogen-bond donors (Lipinski definition) is 3. The number of hydrogen-bond acceptors (Lipinski definition) is 5. The van der Waals surface area contributed by atoms with Crippen molar-refractivity contribution in [2.45, 2.75) is 270 Å². The molecule has 1 amide bonds. The molecular weight excluding hydrogens is 779 g/mol. The van der Waals surface area contributed by atoms with Crippen LogP contribution < -0.4 is 5.32 Å². The first-order valence-electron chi connectivity index (χ1n) is 26.7. The molecule has 0 rings (SSSR count). The molecule has 0 aromatic rings. The highest BCUT2D eigenvalue weighted by atomic mass is 16.5. The van der Waals surface area contributed by atoms with Crippen LogP contribution in [0, 0.1) is 0 Å². The fourth-order valence-corrected chi connectivity index (χ4v) is 7.79. The van der Waals surface area contributed by atoms with Crippen molar-refractivity contribution in [2.24, 2.45) is 0 Å². The van der Waals surface area contributed by atoms with E-state index in [1.54, 1.807) is 0 Å². The number of allylic oxidation sites excluding steroid dienone is 12. The standard InChI is InChI=1S/C57H101NO5/c1-4-7-10-13-16-19-22-25-27-29-32-34-37-40-43-46-49-55(60)54(52-59)58-56(61)51-53(48-45-42-39-36-33-31-28-26-23-20-17-14-11-8-5-2)63-57(62)50-47-44-41-38-35-30-24-21-18-15-12-9-6-3/h9,12,15,17-18,20-21,24,26,28,33,36,53-55,59-60H,4-8,10-11,13-14,16,19,22-23,25,27,29-32,34-35,37-52H2,1-3H3,(H,58,61)/b12-9+,18-15+,20-17-,24-21-,28-26-,36-33-. The number of aliphatic hydroxyl groups excluding tert-OH is 2. The molecule has 0 aliphatic rings. The van der Waals surface area contributed by atoms with Crippen molar-refractivity contribution in [3.8, 4) is 0 Å². The van der Waals surface area contributed by atoms with E-state index in [9.17, 15) is 19.8 Å². The molecule has 0 bridgehead atoms. The predicted molar refractivity (Wildman–Crippen MR) is 273 cm³/mol. The van der Waals surface area contributed by atoms with Crippen molar-refractivity contribution in [1.29, 1.82) is 0 Å². The van der Waals surface area contributed by atoms with Gasteiger partial charge in [0.25, 0.3) is 0 Å². The number of amides is 1. The number of aliphatic hydroxyl groups is 2. The number of carbonyl (C=O) groups excluding carboxylic acids is 2. The third-order valence-corrected chi connectivity index (χ3v) is 11.8. The molecule has 0 saturated heterocycles. The van der Waals surface area contributed by atoms with Gasteiger partial charge < -0.3 is 20.3 Å². The van der Waals surface area contributed by atoms with Gasteiger partial charge in [0, 0.05) is 6.42 Å². The lowest BCUT2D eigenvalue weighted by atomic mass is 10.0. The maximum absolute atomic E-state index is 13.2. The second-order valence-corrected chi connectivity index (χ2v) is 18.0. The smallest absolute Gasteiger partial charge is 0.306 e. The normalized spacial score (nSPS) is 13.8. The Hall–Kier alpha value is -2.70. The third-order valence-electron chi connectivity index (χ3n) is 11.8. The molecule has 3 unspecified atom stereocenters. The van der Waals surface area contributed by atoms with Crippen LogP contribution in [-0.2, 0) is 14.3 Å². The van der Waals surface area contributed by atoms with Gasteiger partial charge in [-0.2, -0.15) is 0 Å². The van der Waals surface area contributed by atoms with Crippen molar-refractivity contribution in [3.63, 3.8) is 0 Å². The van der Waals surface area contributed by atoms with E-state index in [-0.39, 0.29) is 24.9 Å². The van der Waals surface area contributed by atoms with E-state index in [1.165, 1.54) is 109 Å². The van der Waals surface area contributed by atoms with Gasteiger partial charge in [-0.05, 0) is 83.5 Å². The van der Waals surface area contributed by atoms with Crippen LogP contribution in [0.4, 0.5) is 0 Å². The summed E-state index contributed by atoms with van der Waals surface area (Å²) in [7, 11) is 0. The molecule has 0 fully saturated rings. The summed E-state index contributed by atoms with van der Waals surface area (Å²) in [6.45, 7) is 6.32. The number of carbonyl (C=O) groups is 2. The zero-order chi connectivity index (χ0) is 45.9. The molecule has 0 spiro atoms. The fraction of sp³-hybridized carbons (Fsp3) is 0.754. The monoisotopic (exact) mass is 880 g/mol. The van der Waals surface area contributed by atoms with Crippen LogP contribution in [0.15, 0.2) is 72.9 Å². The van der Waals surface area contributed by atoms with Gasteiger partial charge in [-0.15, -0.1) is 0 Å². The summed E-state index contributed by atoms with van der Waals surface area (Å²) < 4.78 is 5.91. The molecule has 3 N–H and O–H groups in total. The largest absolute Gasteiger partial charge is 0.462 e. The maximum atomic E-state index is 13.2. The summed E-state index contributed by atoms with van der Waals surface area (Å²) in [5.41, 5.74) is 0. The fourth-order valence-electron chi connectivity index (χ4n) is 7.79. The van der Waals surface area contributed by atoms with E-state index >= 15 is 0 Å². The zero-order valence-corrected chi connectivity index (χ0v) is 41.4. The second-order valence-electron chi connectivity index (χ2n) is 18.0. The molecule has 6 nitrogen and oxygen atoms in total. The predicted octanol–water partition coefficient (Wildman–Crippen LogP) is 16.2. The summed E-state index contributed by atoms with van der Waals surface area (Å²) in [5.74, 6) is -0.535. The average Bonchev–Trinajstić information content (AvgIpc) is 3.28. The average molecular weight is 880 g/mol. The van der Waals surface area contributed by atoms with Crippen molar-refractivity contribution in [2.75, 3.05) is 6.61 Å². The second kappa shape index (κ2) is 50.3. The van der Waals surface area contributed by atoms with E-state index < -0.39 is 18.2 Å². The SMILES string of the molecule is CC/C=C/C=C/C=C\CCCCCCCC(=O)OC(CCCC/C=C\C/C=C\C/C=C\CCCCC)CC(=O)NC(CO)C(O)CCCCCCCCCCCCCCCCCC. The molecule has 0 aliphatic heterocycles. The first-order valence-corrected chi connectivity index (χ1v) is 26.7. The van der Waals surface area contributed by atoms with Gasteiger partial charge in [0.1, 0.15) is 6.10 Å². The van der Waals surface area contributed by atoms with Crippen LogP contribution >= 0.6 is 0 Å². The van der Waals surface area contributed by atoms with Gasteiger partial charge in [-0.3, -0.25) is 9.59 Å². The van der Waals surface area contributed by atoms with Crippen molar-refractivity contribution in [3.05, 3.63) is 72.9 Å². The lowest BCUT2D eigenvalue weighted by Gasteiger charge is -2.24. The lowest BCUT2D eigenvalue weighted by Crippen LogP contribution is -2.46. The summed E-state index contributed by atoms with van der Waals surface area (Å²) in [4.78, 5) is 26.2. The Labute approximate surface area is 390 Å². The Balaban J connectivity index is 4.64. The molecule has 0 radical (unpaired) electrons. The summed E-state index contributed by atoms with van der Waals surface area (Å²) in [6.07, 6.45) is 63.9. The van der Waals surface area contributed by atoms with E-state index in [1.807, 2.05) is 0 Å². The van der Waals surface area contributed by atoms with Gasteiger partial charge in [0.15, 0.2) is 0 Å². The first kappa shape index (κ1) is 60.3. The summed E-state index contributed by atoms with van der Waals surface area (Å²) >= 11 is 0. The minimum absolute atomic E-state index is 0.0410. The highest BCUT2D eigenvalue weighted by Gasteiger charge is 2.24. The highest BCUT2D eigenvalue weighted by Crippen LogP contribution is 2.17. The molecular formula is C57H101NO5. The van der Waals surface area contributed by atoms with Crippen molar-refractivity contribution >= 4 is 11.9 Å². The number of nitrogens with one attached hydrogen (secondary N) is 1. The Morgan fingerprint density at radius 2 is 0.921 bits per heavy atom. The molecule has 0 heterocycles. The Morgan fingerprint density at radius 3 is 1.48 bits per heavy atom. The minimum atomic E-state index is -0.805. The Morgan fingerprint density at radius 1 is 0.492 bits per heavy atom. The molecule has 364 valence electrons. The first-order chi connectivity index (χ1) is 31.0. The molecule has 0 saturated carbocycles. The molecule has 3 atom stereocenters. The molecule has 0 aromatic carbocycles. The Kier molecular flexibility index (Phi) is 48.1. The molecule has 0 aliphatic carbocycles. The Bertz CT molecular complexity index is 1170. The van der Waals surface area contributed by atoms with Crippen LogP contribution in [0.25, 0.3) is 0 Å². The van der Waals surface area contributed by atoms with Crippen LogP contribution in [0.5, 0.6) is 0 Å². The number of ether oxygens (including phenoxy) is 1. The number of esters is 1. The van der Waals surface area contributed by atoms with Crippen molar-refractivity contribution < 1.29 is 24.5 Å². The topological polar surface area (TPSA) is 95.9 Å². The van der Waals surface area contributed by atoms with E-state index in [0.717, 1.165) is 96.3 Å². The molecule has 6 heteroatoms. The van der Waals surface area contributed by atoms with E-state index in [0.29, 0.717) is 19.3 Å². The van der Waals surface area contributed by atoms with Gasteiger partial charge >= 0.3 is 5.97 Å². The minimum Gasteiger partial charge on any atom is -0.462 e. The highest BCUT2D eigenvalue weighted by molar-refractivity contribution is 5.77. The maximum Gasteiger partial charge on any atom is 0.306 e. The molecule has 63 heavy (non-hydrogen) atoms. The van der Waals surface area contributed by atoms with E-state index in [2.05, 4.69) is 99.0 Å². The van der Waals surface area contributed by atoms with Crippen LogP contribution in [0.1, 0.15) is 252 Å². The van der Waals surface area contributed by atoms with Gasteiger partial charge in [-0.25, -0.2) is 0 Å². The summed E-state index contributed by atoms with van der Waals surface area (Å²) in [6, 6.07) is -0.721. The van der Waals surface area contributed by atoms with Gasteiger partial charge in [0.05, 0.1) is 25.2 Å². The van der Waals surface area contributed by atoms with Crippen molar-refractivity contribution in [1.82, 2.24) is 5.32 Å². The zero-order valence-electron chi connectivity index (χ0n) is 41.4. The van der Waals surface area contributed by atoms with Crippen LogP contribution in [-0.4, -0.2) is 46.9 Å². The number of unbranched alkanes of at least 4 members (excludes halogenated alkanes) is 25. The quantitative estimate of drug-likeness (QED) is 0.0245. The van der Waals surface area contributed by atoms with Gasteiger partial charge in [-0.1, -0.05) is 229 Å². The van der Waals surface area contributed by atoms with Gasteiger partial charge in [0.2, 0.25) is 5.91 Å². The lowest BCUT2D eigenvalue weighted by molar-refractivity contribution is -0.151.